The van der Waals surface area contributed by atoms with E-state index in [-0.39, 0.29) is 24.1 Å². The molecule has 1 atom stereocenters. The van der Waals surface area contributed by atoms with Gasteiger partial charge in [-0.25, -0.2) is 0 Å². The molecule has 0 fully saturated rings. The Morgan fingerprint density at radius 1 is 0.909 bits per heavy atom. The average molecular weight is 447 g/mol. The Morgan fingerprint density at radius 2 is 1.61 bits per heavy atom. The third kappa shape index (κ3) is 6.87. The second-order valence-corrected chi connectivity index (χ2v) is 8.49. The molecule has 3 aromatic rings. The molecule has 0 aliphatic carbocycles. The summed E-state index contributed by atoms with van der Waals surface area (Å²) in [6, 6.07) is 15.5. The first-order valence-electron chi connectivity index (χ1n) is 11.1. The number of amides is 3. The van der Waals surface area contributed by atoms with Crippen LogP contribution < -0.4 is 16.0 Å². The van der Waals surface area contributed by atoms with E-state index in [1.807, 2.05) is 43.3 Å². The summed E-state index contributed by atoms with van der Waals surface area (Å²) in [6.07, 6.45) is 2.44. The van der Waals surface area contributed by atoms with Gasteiger partial charge in [0.05, 0.1) is 0 Å². The number of pyridine rings is 1. The molecule has 7 nitrogen and oxygen atoms in total. The van der Waals surface area contributed by atoms with Crippen molar-refractivity contribution in [3.63, 3.8) is 0 Å². The highest BCUT2D eigenvalue weighted by Gasteiger charge is 2.23. The third-order valence-corrected chi connectivity index (χ3v) is 5.29. The van der Waals surface area contributed by atoms with Gasteiger partial charge in [0.2, 0.25) is 5.91 Å². The molecule has 1 heterocycles. The third-order valence-electron chi connectivity index (χ3n) is 5.29. The average Bonchev–Trinajstić information content (AvgIpc) is 2.81. The number of carbonyl (C=O) groups excluding carboxylic acids is 3. The zero-order valence-corrected chi connectivity index (χ0v) is 19.2. The topological polar surface area (TPSA) is 100 Å². The van der Waals surface area contributed by atoms with Crippen LogP contribution in [0.3, 0.4) is 0 Å². The van der Waals surface area contributed by atoms with Crippen LogP contribution in [0.2, 0.25) is 0 Å². The van der Waals surface area contributed by atoms with Gasteiger partial charge >= 0.3 is 0 Å². The van der Waals surface area contributed by atoms with Crippen molar-refractivity contribution in [2.45, 2.75) is 33.2 Å². The lowest BCUT2D eigenvalue weighted by atomic mass is 10.1. The maximum absolute atomic E-state index is 12.9. The molecule has 3 amide bonds. The molecule has 0 spiro atoms. The lowest BCUT2D eigenvalue weighted by Gasteiger charge is -2.19. The largest absolute Gasteiger partial charge is 0.354 e. The van der Waals surface area contributed by atoms with E-state index in [1.165, 1.54) is 0 Å². The van der Waals surface area contributed by atoms with Crippen LogP contribution in [-0.2, 0) is 4.79 Å². The van der Waals surface area contributed by atoms with Crippen LogP contribution in [-0.4, -0.2) is 41.8 Å². The summed E-state index contributed by atoms with van der Waals surface area (Å²) in [6.45, 7) is 6.52. The Morgan fingerprint density at radius 3 is 2.30 bits per heavy atom. The summed E-state index contributed by atoms with van der Waals surface area (Å²) >= 11 is 0. The van der Waals surface area contributed by atoms with Gasteiger partial charge in [-0.2, -0.15) is 0 Å². The molecule has 3 N–H and O–H groups in total. The highest BCUT2D eigenvalue weighted by Crippen LogP contribution is 2.13. The predicted molar refractivity (Wildman–Crippen MR) is 129 cm³/mol. The number of rotatable bonds is 9. The van der Waals surface area contributed by atoms with Crippen LogP contribution in [0, 0.1) is 12.8 Å². The minimum atomic E-state index is -0.938. The van der Waals surface area contributed by atoms with Crippen LogP contribution in [0.4, 0.5) is 0 Å². The Hall–Kier alpha value is -3.74. The maximum atomic E-state index is 12.9. The van der Waals surface area contributed by atoms with Crippen molar-refractivity contribution >= 4 is 28.5 Å². The van der Waals surface area contributed by atoms with Gasteiger partial charge in [0.1, 0.15) is 11.7 Å². The number of nitrogens with one attached hydrogen (secondary N) is 3. The number of carbonyl (C=O) groups is 3. The number of aromatic nitrogens is 1. The second-order valence-electron chi connectivity index (χ2n) is 8.49. The Bertz CT molecular complexity index is 1130. The van der Waals surface area contributed by atoms with E-state index in [1.54, 1.807) is 24.4 Å². The van der Waals surface area contributed by atoms with Crippen molar-refractivity contribution < 1.29 is 14.4 Å². The number of nitrogens with zero attached hydrogens (tertiary/aromatic N) is 1. The lowest BCUT2D eigenvalue weighted by molar-refractivity contribution is -0.122. The van der Waals surface area contributed by atoms with Gasteiger partial charge in [-0.1, -0.05) is 55.8 Å². The number of hydrogen-bond donors (Lipinski definition) is 3. The van der Waals surface area contributed by atoms with Crippen LogP contribution in [0.15, 0.2) is 60.8 Å². The first-order chi connectivity index (χ1) is 15.8. The summed E-state index contributed by atoms with van der Waals surface area (Å²) in [5, 5.41) is 10.1. The molecule has 33 heavy (non-hydrogen) atoms. The summed E-state index contributed by atoms with van der Waals surface area (Å²) in [7, 11) is 0. The summed E-state index contributed by atoms with van der Waals surface area (Å²) in [4.78, 5) is 42.4. The van der Waals surface area contributed by atoms with Gasteiger partial charge in [-0.05, 0) is 42.8 Å². The van der Waals surface area contributed by atoms with E-state index in [0.717, 1.165) is 22.8 Å². The van der Waals surface area contributed by atoms with Gasteiger partial charge in [0.25, 0.3) is 11.8 Å². The Balaban J connectivity index is 1.70. The van der Waals surface area contributed by atoms with Crippen LogP contribution >= 0.6 is 0 Å². The van der Waals surface area contributed by atoms with E-state index in [0.29, 0.717) is 18.0 Å². The Kier molecular flexibility index (Phi) is 8.13. The van der Waals surface area contributed by atoms with E-state index in [9.17, 15) is 14.4 Å². The minimum Gasteiger partial charge on any atom is -0.354 e. The van der Waals surface area contributed by atoms with Crippen molar-refractivity contribution in [1.29, 1.82) is 0 Å². The van der Waals surface area contributed by atoms with Crippen LogP contribution in [0.25, 0.3) is 10.8 Å². The van der Waals surface area contributed by atoms with E-state index in [2.05, 4.69) is 34.8 Å². The van der Waals surface area contributed by atoms with E-state index in [4.69, 9.17) is 0 Å². The van der Waals surface area contributed by atoms with Gasteiger partial charge in [0.15, 0.2) is 0 Å². The molecular formula is C26H30N4O3. The standard InChI is InChI=1S/C26H30N4O3/c1-17(2)12-13-27-25(32)23(16-29-24(31)19-10-8-18(3)9-11-19)30-26(33)22-14-20-6-4-5-7-21(20)15-28-22/h4-11,14-15,17,23H,12-13,16H2,1-3H3,(H,27,32)(H,29,31)(H,30,33)/t23-/m0/s1. The van der Waals surface area contributed by atoms with Crippen LogP contribution in [0.1, 0.15) is 46.7 Å². The molecule has 0 unspecified atom stereocenters. The molecule has 172 valence electrons. The fourth-order valence-corrected chi connectivity index (χ4v) is 3.26. The molecule has 3 rings (SSSR count). The molecule has 0 aliphatic heterocycles. The quantitative estimate of drug-likeness (QED) is 0.470. The minimum absolute atomic E-state index is 0.0421. The van der Waals surface area contributed by atoms with Crippen molar-refractivity contribution in [3.05, 3.63) is 77.6 Å². The van der Waals surface area contributed by atoms with Gasteiger partial charge < -0.3 is 16.0 Å². The van der Waals surface area contributed by atoms with Gasteiger partial charge in [-0.3, -0.25) is 19.4 Å². The zero-order chi connectivity index (χ0) is 23.8. The Labute approximate surface area is 194 Å². The molecule has 0 bridgehead atoms. The SMILES string of the molecule is Cc1ccc(C(=O)NC[C@H](NC(=O)c2cc3ccccc3cn2)C(=O)NCCC(C)C)cc1. The molecule has 0 saturated carbocycles. The molecule has 7 heteroatoms. The fraction of sp³-hybridized carbons (Fsp3) is 0.308. The number of aryl methyl sites for hydroxylation is 1. The number of fused-ring (bicyclic) bond motifs is 1. The predicted octanol–water partition coefficient (Wildman–Crippen LogP) is 3.23. The second kappa shape index (κ2) is 11.2. The lowest BCUT2D eigenvalue weighted by Crippen LogP contribution is -2.53. The van der Waals surface area contributed by atoms with E-state index >= 15 is 0 Å². The van der Waals surface area contributed by atoms with Gasteiger partial charge in [0, 0.05) is 30.2 Å². The number of hydrogen-bond acceptors (Lipinski definition) is 4. The molecular weight excluding hydrogens is 416 g/mol. The van der Waals surface area contributed by atoms with Crippen molar-refractivity contribution in [3.8, 4) is 0 Å². The van der Waals surface area contributed by atoms with Crippen molar-refractivity contribution in [2.24, 2.45) is 5.92 Å². The molecule has 0 saturated heterocycles. The maximum Gasteiger partial charge on any atom is 0.270 e. The zero-order valence-electron chi connectivity index (χ0n) is 19.2. The highest BCUT2D eigenvalue weighted by atomic mass is 16.2. The summed E-state index contributed by atoms with van der Waals surface area (Å²) in [5.41, 5.74) is 1.74. The fourth-order valence-electron chi connectivity index (χ4n) is 3.26. The first-order valence-corrected chi connectivity index (χ1v) is 11.1. The van der Waals surface area contributed by atoms with E-state index < -0.39 is 11.9 Å². The molecule has 0 radical (unpaired) electrons. The summed E-state index contributed by atoms with van der Waals surface area (Å²) < 4.78 is 0. The monoisotopic (exact) mass is 446 g/mol. The van der Waals surface area contributed by atoms with Crippen LogP contribution in [0.5, 0.6) is 0 Å². The molecule has 1 aromatic heterocycles. The smallest absolute Gasteiger partial charge is 0.270 e. The normalized spacial score (nSPS) is 11.8. The summed E-state index contributed by atoms with van der Waals surface area (Å²) in [5.74, 6) is -0.710. The van der Waals surface area contributed by atoms with Crippen molar-refractivity contribution in [1.82, 2.24) is 20.9 Å². The van der Waals surface area contributed by atoms with Crippen molar-refractivity contribution in [2.75, 3.05) is 13.1 Å². The highest BCUT2D eigenvalue weighted by molar-refractivity contribution is 5.99. The van der Waals surface area contributed by atoms with Gasteiger partial charge in [-0.15, -0.1) is 0 Å². The first kappa shape index (κ1) is 23.9. The molecule has 2 aromatic carbocycles. The number of benzene rings is 2. The molecule has 0 aliphatic rings.